The van der Waals surface area contributed by atoms with Gasteiger partial charge in [-0.2, -0.15) is 4.98 Å². The van der Waals surface area contributed by atoms with E-state index in [1.165, 1.54) is 0 Å². The van der Waals surface area contributed by atoms with Crippen LogP contribution in [-0.2, 0) is 13.2 Å². The highest BCUT2D eigenvalue weighted by Gasteiger charge is 2.03. The lowest BCUT2D eigenvalue weighted by Gasteiger charge is -2.03. The molecule has 20 heavy (non-hydrogen) atoms. The minimum absolute atomic E-state index is 0.0580. The fourth-order valence-corrected chi connectivity index (χ4v) is 2.03. The summed E-state index contributed by atoms with van der Waals surface area (Å²) in [6.45, 7) is 0.679. The molecule has 0 radical (unpaired) electrons. The number of fused-ring (bicyclic) bond motifs is 1. The van der Waals surface area contributed by atoms with Crippen LogP contribution in [0.5, 0.6) is 0 Å². The number of pyridine rings is 1. The molecular formula is C14H13ClN4O. The number of rotatable bonds is 4. The number of aliphatic hydroxyl groups excluding tert-OH is 1. The van der Waals surface area contributed by atoms with Gasteiger partial charge in [0, 0.05) is 12.7 Å². The van der Waals surface area contributed by atoms with Crippen LogP contribution in [0.1, 0.15) is 11.1 Å². The Kier molecular flexibility index (Phi) is 3.54. The Morgan fingerprint density at radius 2 is 1.85 bits per heavy atom. The van der Waals surface area contributed by atoms with E-state index in [4.69, 9.17) is 16.7 Å². The molecule has 0 amide bonds. The third-order valence-electron chi connectivity index (χ3n) is 2.95. The van der Waals surface area contributed by atoms with Gasteiger partial charge in [0.25, 0.3) is 0 Å². The second-order valence-corrected chi connectivity index (χ2v) is 4.85. The normalized spacial score (nSPS) is 10.9. The second-order valence-electron chi connectivity index (χ2n) is 4.41. The lowest BCUT2D eigenvalue weighted by molar-refractivity contribution is 0.282. The molecule has 0 atom stereocenters. The zero-order valence-electron chi connectivity index (χ0n) is 10.6. The van der Waals surface area contributed by atoms with Gasteiger partial charge in [-0.05, 0) is 23.3 Å². The predicted molar refractivity (Wildman–Crippen MR) is 77.7 cm³/mol. The maximum atomic E-state index is 8.99. The van der Waals surface area contributed by atoms with Crippen LogP contribution in [0.3, 0.4) is 0 Å². The number of nitrogens with zero attached hydrogens (tertiary/aromatic N) is 3. The molecule has 0 saturated heterocycles. The standard InChI is InChI=1S/C14H13ClN4O/c15-12-5-6-13-17-14(18-19(13)8-12)16-7-10-1-3-11(9-20)4-2-10/h1-6,8,20H,7,9H2,(H,16,18). The summed E-state index contributed by atoms with van der Waals surface area (Å²) in [7, 11) is 0. The van der Waals surface area contributed by atoms with E-state index in [1.54, 1.807) is 16.8 Å². The molecule has 5 nitrogen and oxygen atoms in total. The minimum Gasteiger partial charge on any atom is -0.392 e. The molecule has 0 saturated carbocycles. The van der Waals surface area contributed by atoms with Crippen molar-refractivity contribution in [1.82, 2.24) is 14.6 Å². The van der Waals surface area contributed by atoms with Gasteiger partial charge in [-0.15, -0.1) is 5.10 Å². The molecule has 2 heterocycles. The van der Waals surface area contributed by atoms with E-state index in [0.29, 0.717) is 17.5 Å². The lowest BCUT2D eigenvalue weighted by Crippen LogP contribution is -2.01. The smallest absolute Gasteiger partial charge is 0.243 e. The van der Waals surface area contributed by atoms with Crippen molar-refractivity contribution in [2.45, 2.75) is 13.2 Å². The van der Waals surface area contributed by atoms with Crippen LogP contribution in [-0.4, -0.2) is 19.7 Å². The molecule has 0 unspecified atom stereocenters. The quantitative estimate of drug-likeness (QED) is 0.774. The van der Waals surface area contributed by atoms with Crippen LogP contribution < -0.4 is 5.32 Å². The van der Waals surface area contributed by atoms with Crippen LogP contribution in [0.4, 0.5) is 5.95 Å². The highest BCUT2D eigenvalue weighted by atomic mass is 35.5. The first-order valence-electron chi connectivity index (χ1n) is 6.19. The number of hydrogen-bond acceptors (Lipinski definition) is 4. The van der Waals surface area contributed by atoms with Crippen LogP contribution in [0, 0.1) is 0 Å². The number of aromatic nitrogens is 3. The number of halogens is 1. The Balaban J connectivity index is 1.72. The van der Waals surface area contributed by atoms with E-state index in [2.05, 4.69) is 15.4 Å². The van der Waals surface area contributed by atoms with Crippen molar-refractivity contribution in [3.05, 3.63) is 58.7 Å². The molecule has 0 spiro atoms. The van der Waals surface area contributed by atoms with Gasteiger partial charge < -0.3 is 10.4 Å². The van der Waals surface area contributed by atoms with Crippen LogP contribution in [0.2, 0.25) is 5.02 Å². The number of hydrogen-bond donors (Lipinski definition) is 2. The topological polar surface area (TPSA) is 62.5 Å². The van der Waals surface area contributed by atoms with Crippen molar-refractivity contribution in [2.24, 2.45) is 0 Å². The van der Waals surface area contributed by atoms with Gasteiger partial charge in [0.15, 0.2) is 5.65 Å². The summed E-state index contributed by atoms with van der Waals surface area (Å²) >= 11 is 5.90. The van der Waals surface area contributed by atoms with Crippen molar-refractivity contribution in [3.8, 4) is 0 Å². The molecule has 6 heteroatoms. The fourth-order valence-electron chi connectivity index (χ4n) is 1.88. The summed E-state index contributed by atoms with van der Waals surface area (Å²) < 4.78 is 1.64. The fraction of sp³-hybridized carbons (Fsp3) is 0.143. The lowest BCUT2D eigenvalue weighted by atomic mass is 10.1. The molecule has 0 aliphatic heterocycles. The molecule has 3 rings (SSSR count). The van der Waals surface area contributed by atoms with Crippen molar-refractivity contribution in [1.29, 1.82) is 0 Å². The highest BCUT2D eigenvalue weighted by molar-refractivity contribution is 6.30. The number of nitrogens with one attached hydrogen (secondary N) is 1. The molecule has 2 N–H and O–H groups in total. The summed E-state index contributed by atoms with van der Waals surface area (Å²) in [4.78, 5) is 4.34. The van der Waals surface area contributed by atoms with Gasteiger partial charge in [0.2, 0.25) is 5.95 Å². The molecule has 102 valence electrons. The van der Waals surface area contributed by atoms with E-state index in [-0.39, 0.29) is 6.61 Å². The van der Waals surface area contributed by atoms with E-state index in [1.807, 2.05) is 30.3 Å². The van der Waals surface area contributed by atoms with E-state index >= 15 is 0 Å². The summed E-state index contributed by atoms with van der Waals surface area (Å²) in [6, 6.07) is 11.3. The largest absolute Gasteiger partial charge is 0.392 e. The van der Waals surface area contributed by atoms with E-state index < -0.39 is 0 Å². The molecular weight excluding hydrogens is 276 g/mol. The monoisotopic (exact) mass is 288 g/mol. The van der Waals surface area contributed by atoms with Crippen LogP contribution >= 0.6 is 11.6 Å². The van der Waals surface area contributed by atoms with Gasteiger partial charge in [0.05, 0.1) is 11.6 Å². The third-order valence-corrected chi connectivity index (χ3v) is 3.17. The Hall–Kier alpha value is -2.11. The molecule has 0 aliphatic carbocycles. The van der Waals surface area contributed by atoms with E-state index in [9.17, 15) is 0 Å². The minimum atomic E-state index is 0.0580. The first-order valence-corrected chi connectivity index (χ1v) is 6.57. The Labute approximate surface area is 120 Å². The third kappa shape index (κ3) is 2.74. The Morgan fingerprint density at radius 1 is 1.10 bits per heavy atom. The molecule has 3 aromatic rings. The first-order chi connectivity index (χ1) is 9.74. The molecule has 1 aromatic carbocycles. The average molecular weight is 289 g/mol. The number of benzene rings is 1. The average Bonchev–Trinajstić information content (AvgIpc) is 2.87. The number of aliphatic hydroxyl groups is 1. The van der Waals surface area contributed by atoms with Crippen LogP contribution in [0.15, 0.2) is 42.6 Å². The maximum Gasteiger partial charge on any atom is 0.243 e. The van der Waals surface area contributed by atoms with Gasteiger partial charge in [0.1, 0.15) is 0 Å². The maximum absolute atomic E-state index is 8.99. The van der Waals surface area contributed by atoms with Gasteiger partial charge in [-0.25, -0.2) is 4.52 Å². The van der Waals surface area contributed by atoms with Gasteiger partial charge >= 0.3 is 0 Å². The zero-order chi connectivity index (χ0) is 13.9. The number of anilines is 1. The summed E-state index contributed by atoms with van der Waals surface area (Å²) in [6.07, 6.45) is 1.71. The highest BCUT2D eigenvalue weighted by Crippen LogP contribution is 2.12. The van der Waals surface area contributed by atoms with E-state index in [0.717, 1.165) is 16.8 Å². The predicted octanol–water partition coefficient (Wildman–Crippen LogP) is 2.49. The second kappa shape index (κ2) is 5.48. The molecule has 0 fully saturated rings. The Morgan fingerprint density at radius 3 is 2.60 bits per heavy atom. The molecule has 0 aliphatic rings. The van der Waals surface area contributed by atoms with Crippen molar-refractivity contribution in [2.75, 3.05) is 5.32 Å². The Bertz CT molecular complexity index is 724. The molecule has 0 bridgehead atoms. The first kappa shape index (κ1) is 12.9. The summed E-state index contributed by atoms with van der Waals surface area (Å²) in [5.41, 5.74) is 2.74. The van der Waals surface area contributed by atoms with Crippen molar-refractivity contribution in [3.63, 3.8) is 0 Å². The summed E-state index contributed by atoms with van der Waals surface area (Å²) in [5, 5.41) is 17.1. The SMILES string of the molecule is OCc1ccc(CNc2nc3ccc(Cl)cn3n2)cc1. The van der Waals surface area contributed by atoms with Gasteiger partial charge in [-0.1, -0.05) is 35.9 Å². The zero-order valence-corrected chi connectivity index (χ0v) is 11.4. The van der Waals surface area contributed by atoms with Crippen LogP contribution in [0.25, 0.3) is 5.65 Å². The molecule has 2 aromatic heterocycles. The summed E-state index contributed by atoms with van der Waals surface area (Å²) in [5.74, 6) is 0.554. The van der Waals surface area contributed by atoms with Gasteiger partial charge in [-0.3, -0.25) is 0 Å². The van der Waals surface area contributed by atoms with Crippen molar-refractivity contribution < 1.29 is 5.11 Å². The van der Waals surface area contributed by atoms with Crippen molar-refractivity contribution >= 4 is 23.2 Å².